The van der Waals surface area contributed by atoms with E-state index in [1.807, 2.05) is 12.8 Å². The molecule has 0 N–H and O–H groups in total. The molecule has 0 aliphatic heterocycles. The van der Waals surface area contributed by atoms with Gasteiger partial charge in [0, 0.05) is 5.92 Å². The molecule has 0 aromatic carbocycles. The normalized spacial score (nSPS) is 27.4. The third-order valence-electron chi connectivity index (χ3n) is 3.27. The molecule has 1 atom stereocenters. The standard InChI is InChI=1S/C13H16N/c1-14-13(12-9-5-6-10-12)11-7-3-2-4-8-11/h5-6,9-11,13H,2-4,7-8H2. The Morgan fingerprint density at radius 1 is 1.14 bits per heavy atom. The Labute approximate surface area is 87.7 Å². The van der Waals surface area contributed by atoms with Gasteiger partial charge in [0.25, 0.3) is 0 Å². The summed E-state index contributed by atoms with van der Waals surface area (Å²) >= 11 is 0. The maximum Gasteiger partial charge on any atom is 0.233 e. The van der Waals surface area contributed by atoms with Crippen LogP contribution in [-0.2, 0) is 0 Å². The van der Waals surface area contributed by atoms with E-state index in [4.69, 9.17) is 6.57 Å². The van der Waals surface area contributed by atoms with Crippen LogP contribution in [0.2, 0.25) is 0 Å². The van der Waals surface area contributed by atoms with E-state index in [1.165, 1.54) is 38.0 Å². The summed E-state index contributed by atoms with van der Waals surface area (Å²) in [6.07, 6.45) is 14.8. The monoisotopic (exact) mass is 186 g/mol. The average Bonchev–Trinajstić information content (AvgIpc) is 2.74. The SMILES string of the molecule is [C-]#[N+]C([C]1[CH][CH][CH][CH]1)C1CCCCC1. The van der Waals surface area contributed by atoms with Crippen molar-refractivity contribution in [2.75, 3.05) is 0 Å². The van der Waals surface area contributed by atoms with Gasteiger partial charge in [-0.2, -0.15) is 0 Å². The molecule has 2 rings (SSSR count). The van der Waals surface area contributed by atoms with Gasteiger partial charge in [-0.3, -0.25) is 0 Å². The molecular formula is C13H16N. The summed E-state index contributed by atoms with van der Waals surface area (Å²) in [6.45, 7) is 7.30. The second kappa shape index (κ2) is 4.82. The molecule has 0 aromatic rings. The summed E-state index contributed by atoms with van der Waals surface area (Å²) in [5.41, 5.74) is 0. The highest BCUT2D eigenvalue weighted by Crippen LogP contribution is 2.37. The topological polar surface area (TPSA) is 4.36 Å². The summed E-state index contributed by atoms with van der Waals surface area (Å²) in [4.78, 5) is 3.80. The van der Waals surface area contributed by atoms with E-state index in [0.29, 0.717) is 5.92 Å². The summed E-state index contributed by atoms with van der Waals surface area (Å²) in [7, 11) is 0. The number of nitrogens with zero attached hydrogens (tertiary/aromatic N) is 1. The predicted octanol–water partition coefficient (Wildman–Crippen LogP) is 3.26. The van der Waals surface area contributed by atoms with Gasteiger partial charge >= 0.3 is 0 Å². The molecule has 2 fully saturated rings. The van der Waals surface area contributed by atoms with Gasteiger partial charge in [0.1, 0.15) is 0 Å². The molecule has 1 unspecified atom stereocenters. The van der Waals surface area contributed by atoms with Crippen LogP contribution in [0.25, 0.3) is 4.85 Å². The fraction of sp³-hybridized carbons (Fsp3) is 0.538. The van der Waals surface area contributed by atoms with E-state index in [-0.39, 0.29) is 6.04 Å². The van der Waals surface area contributed by atoms with E-state index < -0.39 is 0 Å². The van der Waals surface area contributed by atoms with Gasteiger partial charge in [-0.25, -0.2) is 6.57 Å². The minimum Gasteiger partial charge on any atom is -0.313 e. The van der Waals surface area contributed by atoms with Crippen molar-refractivity contribution in [1.82, 2.24) is 0 Å². The summed E-state index contributed by atoms with van der Waals surface area (Å²) in [5, 5.41) is 0. The molecule has 0 bridgehead atoms. The van der Waals surface area contributed by atoms with Crippen molar-refractivity contribution in [3.05, 3.63) is 43.0 Å². The first-order chi connectivity index (χ1) is 6.92. The zero-order valence-corrected chi connectivity index (χ0v) is 8.45. The number of hydrogen-bond acceptors (Lipinski definition) is 0. The van der Waals surface area contributed by atoms with Crippen molar-refractivity contribution in [1.29, 1.82) is 0 Å². The van der Waals surface area contributed by atoms with Crippen LogP contribution < -0.4 is 0 Å². The Hall–Kier alpha value is -0.510. The van der Waals surface area contributed by atoms with Gasteiger partial charge in [-0.1, -0.05) is 19.3 Å². The van der Waals surface area contributed by atoms with E-state index in [9.17, 15) is 0 Å². The molecule has 2 aliphatic carbocycles. The first-order valence-corrected chi connectivity index (χ1v) is 5.50. The van der Waals surface area contributed by atoms with Gasteiger partial charge in [0.2, 0.25) is 6.04 Å². The van der Waals surface area contributed by atoms with Crippen LogP contribution in [0.3, 0.4) is 0 Å². The fourth-order valence-corrected chi connectivity index (χ4v) is 2.49. The zero-order valence-electron chi connectivity index (χ0n) is 8.45. The van der Waals surface area contributed by atoms with Crippen molar-refractivity contribution < 1.29 is 0 Å². The zero-order chi connectivity index (χ0) is 9.80. The predicted molar refractivity (Wildman–Crippen MR) is 57.4 cm³/mol. The highest BCUT2D eigenvalue weighted by atomic mass is 14.7. The largest absolute Gasteiger partial charge is 0.313 e. The molecule has 0 aromatic heterocycles. The third-order valence-corrected chi connectivity index (χ3v) is 3.27. The Bertz CT molecular complexity index is 204. The lowest BCUT2D eigenvalue weighted by Crippen LogP contribution is -2.25. The van der Waals surface area contributed by atoms with Crippen molar-refractivity contribution in [2.24, 2.45) is 5.92 Å². The third kappa shape index (κ3) is 2.11. The van der Waals surface area contributed by atoms with Gasteiger partial charge in [0.15, 0.2) is 0 Å². The smallest absolute Gasteiger partial charge is 0.233 e. The van der Waals surface area contributed by atoms with E-state index in [2.05, 4.69) is 17.7 Å². The number of rotatable bonds is 2. The van der Waals surface area contributed by atoms with Crippen LogP contribution in [0.15, 0.2) is 0 Å². The van der Waals surface area contributed by atoms with E-state index >= 15 is 0 Å². The van der Waals surface area contributed by atoms with Gasteiger partial charge in [0.05, 0.1) is 5.92 Å². The lowest BCUT2D eigenvalue weighted by Gasteiger charge is -2.25. The molecule has 1 heteroatoms. The van der Waals surface area contributed by atoms with Crippen LogP contribution in [0.4, 0.5) is 0 Å². The van der Waals surface area contributed by atoms with Crippen LogP contribution in [0.1, 0.15) is 32.1 Å². The molecular weight excluding hydrogens is 170 g/mol. The summed E-state index contributed by atoms with van der Waals surface area (Å²) < 4.78 is 0. The molecule has 0 heterocycles. The summed E-state index contributed by atoms with van der Waals surface area (Å²) in [5.74, 6) is 1.84. The Morgan fingerprint density at radius 2 is 1.79 bits per heavy atom. The quantitative estimate of drug-likeness (QED) is 0.583. The molecule has 0 spiro atoms. The molecule has 73 valence electrons. The average molecular weight is 186 g/mol. The first-order valence-electron chi connectivity index (χ1n) is 5.50. The fourth-order valence-electron chi connectivity index (χ4n) is 2.49. The van der Waals surface area contributed by atoms with Crippen molar-refractivity contribution >= 4 is 0 Å². The highest BCUT2D eigenvalue weighted by Gasteiger charge is 2.37. The minimum absolute atomic E-state index is 0.130. The highest BCUT2D eigenvalue weighted by molar-refractivity contribution is 5.40. The lowest BCUT2D eigenvalue weighted by atomic mass is 9.78. The summed E-state index contributed by atoms with van der Waals surface area (Å²) in [6, 6.07) is 0.130. The molecule has 1 nitrogen and oxygen atoms in total. The lowest BCUT2D eigenvalue weighted by molar-refractivity contribution is 0.337. The van der Waals surface area contributed by atoms with Crippen molar-refractivity contribution in [3.8, 4) is 0 Å². The second-order valence-electron chi connectivity index (χ2n) is 4.19. The van der Waals surface area contributed by atoms with Crippen LogP contribution in [0, 0.1) is 44.1 Å². The molecule has 2 aliphatic rings. The van der Waals surface area contributed by atoms with E-state index in [1.54, 1.807) is 0 Å². The molecule has 5 radical (unpaired) electrons. The van der Waals surface area contributed by atoms with Crippen LogP contribution >= 0.6 is 0 Å². The maximum atomic E-state index is 7.30. The Balaban J connectivity index is 1.93. The maximum absolute atomic E-state index is 7.30. The van der Waals surface area contributed by atoms with Crippen LogP contribution in [0.5, 0.6) is 0 Å². The number of hydrogen-bond donors (Lipinski definition) is 0. The molecule has 14 heavy (non-hydrogen) atoms. The van der Waals surface area contributed by atoms with Crippen molar-refractivity contribution in [3.63, 3.8) is 0 Å². The molecule has 0 saturated heterocycles. The Kier molecular flexibility index (Phi) is 3.45. The van der Waals surface area contributed by atoms with Gasteiger partial charge in [-0.05, 0) is 38.5 Å². The molecule has 2 saturated carbocycles. The molecule has 0 amide bonds. The van der Waals surface area contributed by atoms with Crippen molar-refractivity contribution in [2.45, 2.75) is 38.1 Å². The second-order valence-corrected chi connectivity index (χ2v) is 4.19. The first kappa shape index (κ1) is 10.0. The minimum atomic E-state index is 0.130. The van der Waals surface area contributed by atoms with Gasteiger partial charge in [-0.15, -0.1) is 0 Å². The Morgan fingerprint density at radius 3 is 2.36 bits per heavy atom. The van der Waals surface area contributed by atoms with E-state index in [0.717, 1.165) is 0 Å². The van der Waals surface area contributed by atoms with Gasteiger partial charge < -0.3 is 4.85 Å². The van der Waals surface area contributed by atoms with Crippen LogP contribution in [-0.4, -0.2) is 6.04 Å².